The Kier molecular flexibility index (Phi) is 5.45. The van der Waals surface area contributed by atoms with Gasteiger partial charge in [0.1, 0.15) is 11.9 Å². The van der Waals surface area contributed by atoms with Crippen molar-refractivity contribution in [3.05, 3.63) is 52.1 Å². The SMILES string of the molecule is Cn1c(C2CCOC2)nc2sc(N3CCC[C@@H]3C(=O)NCc3ccccc3)nc2c1=O. The van der Waals surface area contributed by atoms with Crippen molar-refractivity contribution in [2.24, 2.45) is 7.05 Å². The number of fused-ring (bicyclic) bond motifs is 1. The lowest BCUT2D eigenvalue weighted by molar-refractivity contribution is -0.122. The highest BCUT2D eigenvalue weighted by Crippen LogP contribution is 2.33. The number of hydrogen-bond donors (Lipinski definition) is 1. The minimum absolute atomic E-state index is 0.00901. The van der Waals surface area contributed by atoms with E-state index in [4.69, 9.17) is 9.72 Å². The molecule has 1 amide bonds. The van der Waals surface area contributed by atoms with Gasteiger partial charge in [0.25, 0.3) is 5.56 Å². The van der Waals surface area contributed by atoms with Crippen LogP contribution in [0.1, 0.15) is 36.6 Å². The quantitative estimate of drug-likeness (QED) is 0.656. The van der Waals surface area contributed by atoms with Crippen molar-refractivity contribution in [2.75, 3.05) is 24.7 Å². The molecule has 8 nitrogen and oxygen atoms in total. The second kappa shape index (κ2) is 8.39. The zero-order chi connectivity index (χ0) is 21.4. The summed E-state index contributed by atoms with van der Waals surface area (Å²) in [6.07, 6.45) is 2.55. The number of hydrogen-bond acceptors (Lipinski definition) is 7. The third kappa shape index (κ3) is 3.83. The molecule has 31 heavy (non-hydrogen) atoms. The summed E-state index contributed by atoms with van der Waals surface area (Å²) in [6, 6.07) is 9.59. The molecular weight excluding hydrogens is 414 g/mol. The Bertz CT molecular complexity index is 1150. The zero-order valence-corrected chi connectivity index (χ0v) is 18.2. The Morgan fingerprint density at radius 3 is 2.87 bits per heavy atom. The number of nitrogens with zero attached hydrogens (tertiary/aromatic N) is 4. The fourth-order valence-electron chi connectivity index (χ4n) is 4.36. The van der Waals surface area contributed by atoms with Crippen molar-refractivity contribution >= 4 is 32.7 Å². The molecule has 1 N–H and O–H groups in total. The molecule has 2 saturated heterocycles. The van der Waals surface area contributed by atoms with Gasteiger partial charge in [-0.25, -0.2) is 9.97 Å². The summed E-state index contributed by atoms with van der Waals surface area (Å²) < 4.78 is 7.08. The number of amides is 1. The number of benzene rings is 1. The highest BCUT2D eigenvalue weighted by molar-refractivity contribution is 7.21. The van der Waals surface area contributed by atoms with Crippen LogP contribution in [-0.2, 0) is 23.1 Å². The van der Waals surface area contributed by atoms with Crippen LogP contribution in [0.15, 0.2) is 35.1 Å². The van der Waals surface area contributed by atoms with E-state index < -0.39 is 0 Å². The lowest BCUT2D eigenvalue weighted by Gasteiger charge is -2.23. The zero-order valence-electron chi connectivity index (χ0n) is 17.4. The molecule has 0 aliphatic carbocycles. The van der Waals surface area contributed by atoms with Gasteiger partial charge in [-0.1, -0.05) is 41.7 Å². The molecule has 2 atom stereocenters. The normalized spacial score (nSPS) is 21.1. The molecule has 4 heterocycles. The van der Waals surface area contributed by atoms with E-state index in [1.165, 1.54) is 11.3 Å². The largest absolute Gasteiger partial charge is 0.381 e. The Labute approximate surface area is 183 Å². The van der Waals surface area contributed by atoms with E-state index in [1.807, 2.05) is 35.2 Å². The van der Waals surface area contributed by atoms with Crippen LogP contribution in [0.2, 0.25) is 0 Å². The molecule has 0 spiro atoms. The molecule has 3 aromatic rings. The van der Waals surface area contributed by atoms with Gasteiger partial charge in [0.15, 0.2) is 15.5 Å². The summed E-state index contributed by atoms with van der Waals surface area (Å²) in [7, 11) is 1.75. The summed E-state index contributed by atoms with van der Waals surface area (Å²) in [5, 5.41) is 3.73. The topological polar surface area (TPSA) is 89.3 Å². The number of carbonyl (C=O) groups is 1. The van der Waals surface area contributed by atoms with Crippen LogP contribution in [0.5, 0.6) is 0 Å². The number of ether oxygens (including phenoxy) is 1. The van der Waals surface area contributed by atoms with Gasteiger partial charge in [0, 0.05) is 32.7 Å². The molecule has 0 radical (unpaired) electrons. The predicted octanol–water partition coefficient (Wildman–Crippen LogP) is 2.18. The Morgan fingerprint density at radius 1 is 1.26 bits per heavy atom. The first-order valence-corrected chi connectivity index (χ1v) is 11.5. The van der Waals surface area contributed by atoms with Crippen LogP contribution in [0.25, 0.3) is 10.3 Å². The summed E-state index contributed by atoms with van der Waals surface area (Å²) in [5.41, 5.74) is 1.30. The first-order valence-electron chi connectivity index (χ1n) is 10.7. The molecule has 9 heteroatoms. The average Bonchev–Trinajstić information content (AvgIpc) is 3.55. The van der Waals surface area contributed by atoms with Gasteiger partial charge < -0.3 is 15.0 Å². The molecule has 0 saturated carbocycles. The molecule has 1 unspecified atom stereocenters. The number of nitrogens with one attached hydrogen (secondary N) is 1. The summed E-state index contributed by atoms with van der Waals surface area (Å²) in [5.74, 6) is 0.880. The van der Waals surface area contributed by atoms with Gasteiger partial charge in [-0.3, -0.25) is 14.2 Å². The molecule has 2 fully saturated rings. The van der Waals surface area contributed by atoms with Crippen LogP contribution in [0, 0.1) is 0 Å². The average molecular weight is 440 g/mol. The van der Waals surface area contributed by atoms with Crippen LogP contribution >= 0.6 is 11.3 Å². The van der Waals surface area contributed by atoms with Crippen LogP contribution in [0.3, 0.4) is 0 Å². The van der Waals surface area contributed by atoms with E-state index in [-0.39, 0.29) is 23.4 Å². The van der Waals surface area contributed by atoms with E-state index in [2.05, 4.69) is 10.3 Å². The van der Waals surface area contributed by atoms with Crippen molar-refractivity contribution in [3.63, 3.8) is 0 Å². The summed E-state index contributed by atoms with van der Waals surface area (Å²) >= 11 is 1.40. The number of rotatable bonds is 5. The maximum atomic E-state index is 12.9. The standard InChI is InChI=1S/C22H25N5O3S/c1-26-18(15-9-11-30-13-15)25-20-17(21(26)29)24-22(31-20)27-10-5-8-16(27)19(28)23-12-14-6-3-2-4-7-14/h2-4,6-7,15-16H,5,8-13H2,1H3,(H,23,28)/t15?,16-/m1/s1. The Hall–Kier alpha value is -2.78. The van der Waals surface area contributed by atoms with Crippen molar-refractivity contribution < 1.29 is 9.53 Å². The van der Waals surface area contributed by atoms with Crippen LogP contribution < -0.4 is 15.8 Å². The molecule has 5 rings (SSSR count). The fraction of sp³-hybridized carbons (Fsp3) is 0.455. The van der Waals surface area contributed by atoms with E-state index in [1.54, 1.807) is 11.6 Å². The molecule has 2 aliphatic rings. The molecule has 1 aromatic carbocycles. The lowest BCUT2D eigenvalue weighted by atomic mass is 10.1. The van der Waals surface area contributed by atoms with E-state index >= 15 is 0 Å². The maximum absolute atomic E-state index is 12.9. The van der Waals surface area contributed by atoms with E-state index in [0.29, 0.717) is 35.2 Å². The van der Waals surface area contributed by atoms with Crippen LogP contribution in [0.4, 0.5) is 5.13 Å². The van der Waals surface area contributed by atoms with E-state index in [9.17, 15) is 9.59 Å². The van der Waals surface area contributed by atoms with Gasteiger partial charge in [0.05, 0.1) is 6.61 Å². The smallest absolute Gasteiger partial charge is 0.280 e. The Morgan fingerprint density at radius 2 is 2.10 bits per heavy atom. The van der Waals surface area contributed by atoms with Crippen molar-refractivity contribution in [2.45, 2.75) is 37.8 Å². The molecule has 2 aliphatic heterocycles. The third-order valence-corrected chi connectivity index (χ3v) is 7.06. The second-order valence-electron chi connectivity index (χ2n) is 8.10. The monoisotopic (exact) mass is 439 g/mol. The van der Waals surface area contributed by atoms with Crippen molar-refractivity contribution in [1.29, 1.82) is 0 Å². The van der Waals surface area contributed by atoms with Gasteiger partial charge in [-0.2, -0.15) is 0 Å². The molecule has 0 bridgehead atoms. The number of anilines is 1. The molecule has 162 valence electrons. The summed E-state index contributed by atoms with van der Waals surface area (Å²) in [6.45, 7) is 2.53. The van der Waals surface area contributed by atoms with Gasteiger partial charge >= 0.3 is 0 Å². The highest BCUT2D eigenvalue weighted by atomic mass is 32.1. The number of carbonyl (C=O) groups excluding carboxylic acids is 1. The molecular formula is C22H25N5O3S. The fourth-order valence-corrected chi connectivity index (χ4v) is 5.37. The van der Waals surface area contributed by atoms with Gasteiger partial charge in [-0.15, -0.1) is 0 Å². The summed E-state index contributed by atoms with van der Waals surface area (Å²) in [4.78, 5) is 37.9. The molecule has 2 aromatic heterocycles. The second-order valence-corrected chi connectivity index (χ2v) is 9.06. The van der Waals surface area contributed by atoms with Gasteiger partial charge in [0.2, 0.25) is 5.91 Å². The van der Waals surface area contributed by atoms with E-state index in [0.717, 1.165) is 37.2 Å². The number of thiazole rings is 1. The maximum Gasteiger partial charge on any atom is 0.280 e. The first-order chi connectivity index (χ1) is 15.1. The third-order valence-electron chi connectivity index (χ3n) is 6.07. The van der Waals surface area contributed by atoms with Crippen molar-refractivity contribution in [3.8, 4) is 0 Å². The number of aromatic nitrogens is 3. The van der Waals surface area contributed by atoms with Crippen LogP contribution in [-0.4, -0.2) is 46.2 Å². The lowest BCUT2D eigenvalue weighted by Crippen LogP contribution is -2.43. The first kappa shape index (κ1) is 20.1. The van der Waals surface area contributed by atoms with Crippen molar-refractivity contribution in [1.82, 2.24) is 19.9 Å². The minimum atomic E-state index is -0.282. The minimum Gasteiger partial charge on any atom is -0.381 e. The van der Waals surface area contributed by atoms with Gasteiger partial charge in [-0.05, 0) is 24.8 Å². The Balaban J connectivity index is 1.39. The highest BCUT2D eigenvalue weighted by Gasteiger charge is 2.33. The predicted molar refractivity (Wildman–Crippen MR) is 119 cm³/mol.